The number of carbonyl (C=O) groups is 1. The Hall–Kier alpha value is -2.41. The fourth-order valence-electron chi connectivity index (χ4n) is 2.44. The Labute approximate surface area is 139 Å². The average molecular weight is 378 g/mol. The number of hydrogen-bond acceptors (Lipinski definition) is 2. The van der Waals surface area contributed by atoms with Gasteiger partial charge in [-0.1, -0.05) is 28.1 Å². The Balaban J connectivity index is 1.89. The lowest BCUT2D eigenvalue weighted by Gasteiger charge is -2.07. The molecule has 7 heteroatoms. The van der Waals surface area contributed by atoms with E-state index in [-0.39, 0.29) is 17.9 Å². The molecule has 0 aliphatic heterocycles. The SMILES string of the molecule is Cn1c(=O)n(CC(=O)Nc2ccc(Br)cc2F)c2ccccc21. The largest absolute Gasteiger partial charge is 0.329 e. The summed E-state index contributed by atoms with van der Waals surface area (Å²) in [7, 11) is 1.65. The van der Waals surface area contributed by atoms with Crippen LogP contribution in [-0.2, 0) is 18.4 Å². The van der Waals surface area contributed by atoms with Crippen molar-refractivity contribution in [1.82, 2.24) is 9.13 Å². The van der Waals surface area contributed by atoms with Crippen molar-refractivity contribution in [1.29, 1.82) is 0 Å². The first-order valence-corrected chi connectivity index (χ1v) is 7.66. The molecule has 2 aromatic carbocycles. The molecule has 3 rings (SSSR count). The van der Waals surface area contributed by atoms with Gasteiger partial charge in [-0.3, -0.25) is 13.9 Å². The Bertz CT molecular complexity index is 962. The molecule has 5 nitrogen and oxygen atoms in total. The lowest BCUT2D eigenvalue weighted by atomic mass is 10.3. The van der Waals surface area contributed by atoms with Crippen molar-refractivity contribution in [3.63, 3.8) is 0 Å². The highest BCUT2D eigenvalue weighted by molar-refractivity contribution is 9.10. The molecule has 23 heavy (non-hydrogen) atoms. The highest BCUT2D eigenvalue weighted by Crippen LogP contribution is 2.19. The third-order valence-corrected chi connectivity index (χ3v) is 4.05. The van der Waals surface area contributed by atoms with Gasteiger partial charge in [-0.15, -0.1) is 0 Å². The maximum atomic E-state index is 13.8. The predicted octanol–water partition coefficient (Wildman–Crippen LogP) is 2.88. The molecule has 0 aliphatic carbocycles. The Morgan fingerprint density at radius 3 is 2.61 bits per heavy atom. The zero-order valence-electron chi connectivity index (χ0n) is 12.2. The van der Waals surface area contributed by atoms with Crippen LogP contribution in [0.3, 0.4) is 0 Å². The van der Waals surface area contributed by atoms with E-state index < -0.39 is 11.7 Å². The van der Waals surface area contributed by atoms with Gasteiger partial charge in [0, 0.05) is 11.5 Å². The molecule has 0 atom stereocenters. The number of aromatic nitrogens is 2. The van der Waals surface area contributed by atoms with E-state index in [0.717, 1.165) is 5.52 Å². The number of carbonyl (C=O) groups excluding carboxylic acids is 1. The summed E-state index contributed by atoms with van der Waals surface area (Å²) in [6.07, 6.45) is 0. The molecule has 0 radical (unpaired) electrons. The van der Waals surface area contributed by atoms with Crippen molar-refractivity contribution in [3.8, 4) is 0 Å². The van der Waals surface area contributed by atoms with Crippen LogP contribution >= 0.6 is 15.9 Å². The summed E-state index contributed by atoms with van der Waals surface area (Å²) in [6, 6.07) is 11.5. The summed E-state index contributed by atoms with van der Waals surface area (Å²) in [4.78, 5) is 24.4. The molecule has 0 aliphatic rings. The van der Waals surface area contributed by atoms with Crippen LogP contribution in [0.25, 0.3) is 11.0 Å². The first kappa shape index (κ1) is 15.5. The number of hydrogen-bond donors (Lipinski definition) is 1. The number of amides is 1. The van der Waals surface area contributed by atoms with E-state index in [1.54, 1.807) is 31.3 Å². The van der Waals surface area contributed by atoms with Gasteiger partial charge in [0.15, 0.2) is 0 Å². The van der Waals surface area contributed by atoms with Gasteiger partial charge >= 0.3 is 5.69 Å². The summed E-state index contributed by atoms with van der Waals surface area (Å²) in [5.74, 6) is -1.01. The molecule has 0 saturated heterocycles. The summed E-state index contributed by atoms with van der Waals surface area (Å²) < 4.78 is 17.2. The standard InChI is InChI=1S/C16H13BrFN3O2/c1-20-13-4-2-3-5-14(13)21(16(20)23)9-15(22)19-12-7-6-10(17)8-11(12)18/h2-8H,9H2,1H3,(H,19,22). The number of halogens is 2. The molecular formula is C16H13BrFN3O2. The third-order valence-electron chi connectivity index (χ3n) is 3.56. The van der Waals surface area contributed by atoms with Crippen LogP contribution in [0.5, 0.6) is 0 Å². The quantitative estimate of drug-likeness (QED) is 0.762. The number of anilines is 1. The van der Waals surface area contributed by atoms with Crippen LogP contribution in [0.15, 0.2) is 51.7 Å². The molecule has 118 valence electrons. The van der Waals surface area contributed by atoms with Crippen molar-refractivity contribution < 1.29 is 9.18 Å². The third kappa shape index (κ3) is 2.92. The molecule has 1 amide bonds. The molecule has 1 heterocycles. The van der Waals surface area contributed by atoms with Gasteiger partial charge in [-0.2, -0.15) is 0 Å². The first-order chi connectivity index (χ1) is 11.0. The van der Waals surface area contributed by atoms with Crippen LogP contribution < -0.4 is 11.0 Å². The molecule has 3 aromatic rings. The van der Waals surface area contributed by atoms with Crippen LogP contribution in [0.2, 0.25) is 0 Å². The van der Waals surface area contributed by atoms with E-state index >= 15 is 0 Å². The number of nitrogens with one attached hydrogen (secondary N) is 1. The number of fused-ring (bicyclic) bond motifs is 1. The van der Waals surface area contributed by atoms with Crippen LogP contribution in [0, 0.1) is 5.82 Å². The highest BCUT2D eigenvalue weighted by atomic mass is 79.9. The normalized spacial score (nSPS) is 10.9. The summed E-state index contributed by atoms with van der Waals surface area (Å²) in [5, 5.41) is 2.48. The van der Waals surface area contributed by atoms with Crippen molar-refractivity contribution >= 4 is 38.6 Å². The minimum absolute atomic E-state index is 0.0754. The van der Waals surface area contributed by atoms with Crippen molar-refractivity contribution in [2.75, 3.05) is 5.32 Å². The van der Waals surface area contributed by atoms with Crippen molar-refractivity contribution in [3.05, 3.63) is 63.2 Å². The van der Waals surface area contributed by atoms with Gasteiger partial charge < -0.3 is 5.32 Å². The van der Waals surface area contributed by atoms with Gasteiger partial charge in [-0.05, 0) is 30.3 Å². The van der Waals surface area contributed by atoms with E-state index in [0.29, 0.717) is 9.99 Å². The van der Waals surface area contributed by atoms with Gasteiger partial charge in [0.25, 0.3) is 0 Å². The molecule has 0 fully saturated rings. The summed E-state index contributed by atoms with van der Waals surface area (Å²) in [5.41, 5.74) is 1.18. The molecule has 0 saturated carbocycles. The number of rotatable bonds is 3. The van der Waals surface area contributed by atoms with Crippen molar-refractivity contribution in [2.24, 2.45) is 7.05 Å². The number of nitrogens with zero attached hydrogens (tertiary/aromatic N) is 2. The maximum absolute atomic E-state index is 13.8. The Kier molecular flexibility index (Phi) is 4.04. The lowest BCUT2D eigenvalue weighted by Crippen LogP contribution is -2.28. The summed E-state index contributed by atoms with van der Waals surface area (Å²) in [6.45, 7) is -0.185. The zero-order chi connectivity index (χ0) is 16.6. The molecule has 0 bridgehead atoms. The van der Waals surface area contributed by atoms with Gasteiger partial charge in [0.1, 0.15) is 12.4 Å². The monoisotopic (exact) mass is 377 g/mol. The molecule has 0 spiro atoms. The van der Waals surface area contributed by atoms with E-state index in [2.05, 4.69) is 21.2 Å². The van der Waals surface area contributed by atoms with Crippen molar-refractivity contribution in [2.45, 2.75) is 6.54 Å². The zero-order valence-corrected chi connectivity index (χ0v) is 13.8. The average Bonchev–Trinajstić information content (AvgIpc) is 2.76. The molecular weight excluding hydrogens is 365 g/mol. The first-order valence-electron chi connectivity index (χ1n) is 6.86. The highest BCUT2D eigenvalue weighted by Gasteiger charge is 2.14. The smallest absolute Gasteiger partial charge is 0.322 e. The van der Waals surface area contributed by atoms with E-state index in [1.807, 2.05) is 6.07 Å². The molecule has 0 unspecified atom stereocenters. The number of benzene rings is 2. The number of aryl methyl sites for hydroxylation is 1. The van der Waals surface area contributed by atoms with E-state index in [9.17, 15) is 14.0 Å². The Morgan fingerprint density at radius 1 is 1.22 bits per heavy atom. The number of para-hydroxylation sites is 2. The molecule has 1 N–H and O–H groups in total. The van der Waals surface area contributed by atoms with Crippen LogP contribution in [0.1, 0.15) is 0 Å². The fourth-order valence-corrected chi connectivity index (χ4v) is 2.77. The predicted molar refractivity (Wildman–Crippen MR) is 89.9 cm³/mol. The van der Waals surface area contributed by atoms with Gasteiger partial charge in [0.2, 0.25) is 5.91 Å². The number of imidazole rings is 1. The van der Waals surface area contributed by atoms with E-state index in [4.69, 9.17) is 0 Å². The second kappa shape index (κ2) is 6.00. The minimum Gasteiger partial charge on any atom is -0.322 e. The Morgan fingerprint density at radius 2 is 1.91 bits per heavy atom. The maximum Gasteiger partial charge on any atom is 0.329 e. The molecule has 1 aromatic heterocycles. The lowest BCUT2D eigenvalue weighted by molar-refractivity contribution is -0.116. The van der Waals surface area contributed by atoms with Gasteiger partial charge in [0.05, 0.1) is 16.7 Å². The van der Waals surface area contributed by atoms with Gasteiger partial charge in [-0.25, -0.2) is 9.18 Å². The van der Waals surface area contributed by atoms with Crippen LogP contribution in [-0.4, -0.2) is 15.0 Å². The van der Waals surface area contributed by atoms with Crippen LogP contribution in [0.4, 0.5) is 10.1 Å². The van der Waals surface area contributed by atoms with E-state index in [1.165, 1.54) is 21.3 Å². The summed E-state index contributed by atoms with van der Waals surface area (Å²) >= 11 is 3.15. The second-order valence-electron chi connectivity index (χ2n) is 5.09. The second-order valence-corrected chi connectivity index (χ2v) is 6.00. The minimum atomic E-state index is -0.544. The fraction of sp³-hybridized carbons (Fsp3) is 0.125. The topological polar surface area (TPSA) is 56.0 Å².